The number of carbonyl (C=O) groups is 1. The number of hydrogen-bond acceptors (Lipinski definition) is 5. The number of nitrogens with one attached hydrogen (secondary N) is 2. The number of halogens is 3. The van der Waals surface area contributed by atoms with Gasteiger partial charge < -0.3 is 24.8 Å². The van der Waals surface area contributed by atoms with Crippen molar-refractivity contribution in [3.63, 3.8) is 0 Å². The lowest BCUT2D eigenvalue weighted by Gasteiger charge is -2.10. The Kier molecular flexibility index (Phi) is 4.54. The molecule has 0 fully saturated rings. The predicted octanol–water partition coefficient (Wildman–Crippen LogP) is 3.72. The van der Waals surface area contributed by atoms with E-state index in [1.165, 1.54) is 25.3 Å². The number of rotatable bonds is 5. The number of benzene rings is 2. The molecule has 2 aromatic rings. The fourth-order valence-corrected chi connectivity index (χ4v) is 2.45. The highest BCUT2D eigenvalue weighted by Crippen LogP contribution is 2.42. The van der Waals surface area contributed by atoms with Gasteiger partial charge in [0.1, 0.15) is 5.75 Å². The topological polar surface area (TPSA) is 68.8 Å². The number of amides is 1. The van der Waals surface area contributed by atoms with E-state index in [0.717, 1.165) is 0 Å². The van der Waals surface area contributed by atoms with Gasteiger partial charge in [0.05, 0.1) is 18.7 Å². The van der Waals surface area contributed by atoms with Gasteiger partial charge in [0.25, 0.3) is 0 Å². The highest BCUT2D eigenvalue weighted by atomic mass is 35.5. The molecule has 25 heavy (non-hydrogen) atoms. The highest BCUT2D eigenvalue weighted by molar-refractivity contribution is 6.32. The SMILES string of the molecule is COc1ccc(NC(=O)CNc2ccc3c(c2)OC(F)(F)O3)cc1Cl. The van der Waals surface area contributed by atoms with Crippen molar-refractivity contribution in [1.82, 2.24) is 0 Å². The van der Waals surface area contributed by atoms with Gasteiger partial charge in [-0.15, -0.1) is 8.78 Å². The second kappa shape index (κ2) is 6.64. The molecule has 0 unspecified atom stereocenters. The molecule has 3 rings (SSSR count). The Morgan fingerprint density at radius 1 is 1.16 bits per heavy atom. The van der Waals surface area contributed by atoms with Crippen molar-refractivity contribution in [3.05, 3.63) is 41.4 Å². The summed E-state index contributed by atoms with van der Waals surface area (Å²) in [5.74, 6) is -0.00981. The van der Waals surface area contributed by atoms with E-state index in [1.54, 1.807) is 18.2 Å². The van der Waals surface area contributed by atoms with Gasteiger partial charge in [0, 0.05) is 17.4 Å². The summed E-state index contributed by atoms with van der Waals surface area (Å²) in [6, 6.07) is 8.99. The van der Waals surface area contributed by atoms with Gasteiger partial charge in [-0.05, 0) is 30.3 Å². The number of ether oxygens (including phenoxy) is 3. The van der Waals surface area contributed by atoms with Crippen molar-refractivity contribution in [2.24, 2.45) is 0 Å². The molecule has 0 saturated carbocycles. The maximum Gasteiger partial charge on any atom is 0.586 e. The van der Waals surface area contributed by atoms with Crippen molar-refractivity contribution < 1.29 is 27.8 Å². The Morgan fingerprint density at radius 2 is 1.88 bits per heavy atom. The molecule has 6 nitrogen and oxygen atoms in total. The maximum atomic E-state index is 13.0. The van der Waals surface area contributed by atoms with Crippen molar-refractivity contribution in [2.75, 3.05) is 24.3 Å². The molecule has 0 aliphatic carbocycles. The molecule has 0 spiro atoms. The first kappa shape index (κ1) is 17.1. The summed E-state index contributed by atoms with van der Waals surface area (Å²) in [5, 5.41) is 5.83. The van der Waals surface area contributed by atoms with E-state index in [2.05, 4.69) is 20.1 Å². The highest BCUT2D eigenvalue weighted by Gasteiger charge is 2.43. The Hall–Kier alpha value is -2.74. The number of fused-ring (bicyclic) bond motifs is 1. The molecule has 1 aliphatic heterocycles. The Morgan fingerprint density at radius 3 is 2.60 bits per heavy atom. The molecule has 0 bridgehead atoms. The van der Waals surface area contributed by atoms with Crippen LogP contribution in [0.4, 0.5) is 20.2 Å². The molecular weight excluding hydrogens is 358 g/mol. The van der Waals surface area contributed by atoms with Gasteiger partial charge in [0.15, 0.2) is 11.5 Å². The van der Waals surface area contributed by atoms with Crippen molar-refractivity contribution in [2.45, 2.75) is 6.29 Å². The maximum absolute atomic E-state index is 13.0. The van der Waals surface area contributed by atoms with Crippen LogP contribution in [0.1, 0.15) is 0 Å². The second-order valence-electron chi connectivity index (χ2n) is 5.08. The van der Waals surface area contributed by atoms with Crippen LogP contribution in [0.15, 0.2) is 36.4 Å². The summed E-state index contributed by atoms with van der Waals surface area (Å²) in [6.45, 7) is -0.0836. The molecule has 2 aromatic carbocycles. The van der Waals surface area contributed by atoms with Gasteiger partial charge in [-0.2, -0.15) is 0 Å². The lowest BCUT2D eigenvalue weighted by Crippen LogP contribution is -2.25. The number of methoxy groups -OCH3 is 1. The van der Waals surface area contributed by atoms with E-state index in [0.29, 0.717) is 22.1 Å². The van der Waals surface area contributed by atoms with Crippen molar-refractivity contribution in [1.29, 1.82) is 0 Å². The van der Waals surface area contributed by atoms with Crippen LogP contribution < -0.4 is 24.8 Å². The van der Waals surface area contributed by atoms with E-state index in [9.17, 15) is 13.6 Å². The normalized spacial score (nSPS) is 14.1. The van der Waals surface area contributed by atoms with Gasteiger partial charge >= 0.3 is 6.29 Å². The largest absolute Gasteiger partial charge is 0.586 e. The molecule has 2 N–H and O–H groups in total. The van der Waals surface area contributed by atoms with Gasteiger partial charge in [0.2, 0.25) is 5.91 Å². The smallest absolute Gasteiger partial charge is 0.495 e. The summed E-state index contributed by atoms with van der Waals surface area (Å²) in [7, 11) is 1.49. The van der Waals surface area contributed by atoms with Crippen LogP contribution in [-0.4, -0.2) is 25.9 Å². The first-order valence-corrected chi connectivity index (χ1v) is 7.51. The first-order chi connectivity index (χ1) is 11.9. The lowest BCUT2D eigenvalue weighted by molar-refractivity contribution is -0.286. The minimum atomic E-state index is -3.67. The Labute approximate surface area is 146 Å². The summed E-state index contributed by atoms with van der Waals surface area (Å²) in [4.78, 5) is 12.0. The third-order valence-electron chi connectivity index (χ3n) is 3.29. The van der Waals surface area contributed by atoms with E-state index in [4.69, 9.17) is 16.3 Å². The molecule has 132 valence electrons. The van der Waals surface area contributed by atoms with Gasteiger partial charge in [-0.1, -0.05) is 11.6 Å². The van der Waals surface area contributed by atoms with Crippen molar-refractivity contribution >= 4 is 28.9 Å². The summed E-state index contributed by atoms with van der Waals surface area (Å²) >= 11 is 5.98. The summed E-state index contributed by atoms with van der Waals surface area (Å²) in [5.41, 5.74) is 0.936. The minimum absolute atomic E-state index is 0.0622. The molecule has 0 atom stereocenters. The van der Waals surface area contributed by atoms with Gasteiger partial charge in [-0.25, -0.2) is 0 Å². The van der Waals surface area contributed by atoms with E-state index < -0.39 is 6.29 Å². The number of carbonyl (C=O) groups excluding carboxylic acids is 1. The molecule has 0 saturated heterocycles. The zero-order valence-corrected chi connectivity index (χ0v) is 13.7. The monoisotopic (exact) mass is 370 g/mol. The Bertz CT molecular complexity index is 817. The summed E-state index contributed by atoms with van der Waals surface area (Å²) < 4.78 is 39.6. The van der Waals surface area contributed by atoms with Crippen LogP contribution >= 0.6 is 11.6 Å². The second-order valence-corrected chi connectivity index (χ2v) is 5.49. The molecule has 1 aliphatic rings. The van der Waals surface area contributed by atoms with Crippen molar-refractivity contribution in [3.8, 4) is 17.2 Å². The van der Waals surface area contributed by atoms with Crippen LogP contribution in [0.25, 0.3) is 0 Å². The lowest BCUT2D eigenvalue weighted by atomic mass is 10.2. The molecular formula is C16H13ClF2N2O4. The van der Waals surface area contributed by atoms with Crippen LogP contribution in [0.5, 0.6) is 17.2 Å². The average Bonchev–Trinajstić information content (AvgIpc) is 2.86. The molecule has 1 heterocycles. The first-order valence-electron chi connectivity index (χ1n) is 7.13. The minimum Gasteiger partial charge on any atom is -0.495 e. The molecule has 0 aromatic heterocycles. The molecule has 1 amide bonds. The van der Waals surface area contributed by atoms with Crippen LogP contribution in [0.2, 0.25) is 5.02 Å². The third kappa shape index (κ3) is 4.03. The average molecular weight is 371 g/mol. The van der Waals surface area contributed by atoms with Crippen LogP contribution in [0, 0.1) is 0 Å². The zero-order chi connectivity index (χ0) is 18.0. The van der Waals surface area contributed by atoms with E-state index >= 15 is 0 Å². The van der Waals surface area contributed by atoms with Crippen LogP contribution in [0.3, 0.4) is 0 Å². The van der Waals surface area contributed by atoms with E-state index in [1.807, 2.05) is 0 Å². The predicted molar refractivity (Wildman–Crippen MR) is 87.8 cm³/mol. The molecule has 9 heteroatoms. The van der Waals surface area contributed by atoms with Gasteiger partial charge in [-0.3, -0.25) is 4.79 Å². The standard InChI is InChI=1S/C16H13ClF2N2O4/c1-23-12-4-3-10(6-11(12)17)21-15(22)8-20-9-2-5-13-14(7-9)25-16(18,19)24-13/h2-7,20H,8H2,1H3,(H,21,22). The number of alkyl halides is 2. The van der Waals surface area contributed by atoms with Crippen LogP contribution in [-0.2, 0) is 4.79 Å². The number of hydrogen-bond donors (Lipinski definition) is 2. The fraction of sp³-hybridized carbons (Fsp3) is 0.188. The zero-order valence-electron chi connectivity index (χ0n) is 12.9. The summed E-state index contributed by atoms with van der Waals surface area (Å²) in [6.07, 6.45) is -3.67. The molecule has 0 radical (unpaired) electrons. The van der Waals surface area contributed by atoms with E-state index in [-0.39, 0.29) is 24.0 Å². The third-order valence-corrected chi connectivity index (χ3v) is 3.59. The quantitative estimate of drug-likeness (QED) is 0.839. The number of anilines is 2. The Balaban J connectivity index is 1.57. The fourth-order valence-electron chi connectivity index (χ4n) is 2.19.